The summed E-state index contributed by atoms with van der Waals surface area (Å²) in [5, 5.41) is 3.69. The van der Waals surface area contributed by atoms with Gasteiger partial charge in [0.05, 0.1) is 12.0 Å². The normalized spacial score (nSPS) is 15.3. The quantitative estimate of drug-likeness (QED) is 0.464. The van der Waals surface area contributed by atoms with Gasteiger partial charge in [-0.05, 0) is 86.4 Å². The molecule has 0 bridgehead atoms. The molecule has 2 N–H and O–H groups in total. The fourth-order valence-electron chi connectivity index (χ4n) is 4.54. The summed E-state index contributed by atoms with van der Waals surface area (Å²) in [6.45, 7) is 5.13. The van der Waals surface area contributed by atoms with Gasteiger partial charge in [0.1, 0.15) is 5.75 Å². The maximum atomic E-state index is 13.0. The van der Waals surface area contributed by atoms with Gasteiger partial charge in [0.15, 0.2) is 0 Å². The minimum atomic E-state index is -3.63. The zero-order valence-electron chi connectivity index (χ0n) is 20.8. The van der Waals surface area contributed by atoms with Gasteiger partial charge in [-0.2, -0.15) is 0 Å². The van der Waals surface area contributed by atoms with Crippen molar-refractivity contribution in [3.05, 3.63) is 83.4 Å². The van der Waals surface area contributed by atoms with Gasteiger partial charge in [-0.25, -0.2) is 13.1 Å². The molecule has 186 valence electrons. The van der Waals surface area contributed by atoms with E-state index in [1.54, 1.807) is 13.2 Å². The Balaban J connectivity index is 1.50. The Bertz CT molecular complexity index is 1240. The van der Waals surface area contributed by atoms with Gasteiger partial charge in [0.2, 0.25) is 10.0 Å². The molecule has 0 atom stereocenters. The first-order valence-corrected chi connectivity index (χ1v) is 13.6. The first-order valence-electron chi connectivity index (χ1n) is 12.1. The van der Waals surface area contributed by atoms with E-state index >= 15 is 0 Å². The number of hydrogen-bond acceptors (Lipinski definition) is 5. The second-order valence-corrected chi connectivity index (χ2v) is 11.0. The van der Waals surface area contributed by atoms with E-state index in [0.29, 0.717) is 11.6 Å². The number of methoxy groups -OCH3 is 1. The maximum Gasteiger partial charge on any atom is 0.241 e. The van der Waals surface area contributed by atoms with Crippen LogP contribution in [0.5, 0.6) is 5.75 Å². The van der Waals surface area contributed by atoms with E-state index in [9.17, 15) is 8.42 Å². The standard InChI is InChI=1S/C28H35N3O3S/c1-21-17-24(10-12-28(21)35(32,33)30-20-22-7-5-4-6-8-22)26-18-23(9-11-27(26)34-3)19-29-25-13-15-31(2)16-14-25/h4-12,17-18,25,29-30H,13-16,19-20H2,1-3H3. The molecule has 3 aromatic rings. The first kappa shape index (κ1) is 25.4. The van der Waals surface area contributed by atoms with E-state index in [2.05, 4.69) is 34.1 Å². The second-order valence-electron chi connectivity index (χ2n) is 9.28. The fourth-order valence-corrected chi connectivity index (χ4v) is 5.78. The number of piperidine rings is 1. The van der Waals surface area contributed by atoms with Crippen LogP contribution in [0, 0.1) is 6.92 Å². The van der Waals surface area contributed by atoms with Gasteiger partial charge in [0.25, 0.3) is 0 Å². The molecule has 3 aromatic carbocycles. The van der Waals surface area contributed by atoms with Crippen LogP contribution in [-0.2, 0) is 23.1 Å². The van der Waals surface area contributed by atoms with Crippen molar-refractivity contribution in [2.24, 2.45) is 0 Å². The van der Waals surface area contributed by atoms with E-state index in [4.69, 9.17) is 4.74 Å². The Kier molecular flexibility index (Phi) is 8.23. The Morgan fingerprint density at radius 1 is 0.943 bits per heavy atom. The topological polar surface area (TPSA) is 70.7 Å². The lowest BCUT2D eigenvalue weighted by molar-refractivity contribution is 0.234. The summed E-state index contributed by atoms with van der Waals surface area (Å²) in [4.78, 5) is 2.66. The highest BCUT2D eigenvalue weighted by Gasteiger charge is 2.19. The van der Waals surface area contributed by atoms with E-state index in [-0.39, 0.29) is 11.4 Å². The van der Waals surface area contributed by atoms with Crippen LogP contribution >= 0.6 is 0 Å². The Labute approximate surface area is 209 Å². The highest BCUT2D eigenvalue weighted by atomic mass is 32.2. The van der Waals surface area contributed by atoms with Crippen molar-refractivity contribution < 1.29 is 13.2 Å². The number of likely N-dealkylation sites (tertiary alicyclic amines) is 1. The molecule has 0 aromatic heterocycles. The molecule has 6 nitrogen and oxygen atoms in total. The average Bonchev–Trinajstić information content (AvgIpc) is 2.87. The lowest BCUT2D eigenvalue weighted by Crippen LogP contribution is -2.40. The smallest absolute Gasteiger partial charge is 0.241 e. The van der Waals surface area contributed by atoms with Gasteiger partial charge in [-0.3, -0.25) is 0 Å². The summed E-state index contributed by atoms with van der Waals surface area (Å²) in [7, 11) is 0.200. The third-order valence-corrected chi connectivity index (χ3v) is 8.22. The van der Waals surface area contributed by atoms with Crippen LogP contribution in [0.4, 0.5) is 0 Å². The minimum absolute atomic E-state index is 0.254. The predicted octanol–water partition coefficient (Wildman–Crippen LogP) is 4.33. The molecule has 0 saturated carbocycles. The van der Waals surface area contributed by atoms with Gasteiger partial charge < -0.3 is 15.0 Å². The van der Waals surface area contributed by atoms with Crippen molar-refractivity contribution in [1.29, 1.82) is 0 Å². The zero-order valence-corrected chi connectivity index (χ0v) is 21.6. The first-order chi connectivity index (χ1) is 16.9. The van der Waals surface area contributed by atoms with E-state index < -0.39 is 10.0 Å². The molecule has 1 aliphatic heterocycles. The Morgan fingerprint density at radius 3 is 2.37 bits per heavy atom. The van der Waals surface area contributed by atoms with Crippen molar-refractivity contribution >= 4 is 10.0 Å². The molecular weight excluding hydrogens is 458 g/mol. The number of nitrogens with zero attached hydrogens (tertiary/aromatic N) is 1. The van der Waals surface area contributed by atoms with Crippen LogP contribution < -0.4 is 14.8 Å². The number of rotatable bonds is 9. The summed E-state index contributed by atoms with van der Waals surface area (Å²) >= 11 is 0. The number of aryl methyl sites for hydroxylation is 1. The summed E-state index contributed by atoms with van der Waals surface area (Å²) in [6, 6.07) is 21.7. The molecule has 0 spiro atoms. The fraction of sp³-hybridized carbons (Fsp3) is 0.357. The lowest BCUT2D eigenvalue weighted by atomic mass is 9.99. The van der Waals surface area contributed by atoms with Crippen LogP contribution in [-0.4, -0.2) is 46.6 Å². The SMILES string of the molecule is COc1ccc(CNC2CCN(C)CC2)cc1-c1ccc(S(=O)(=O)NCc2ccccc2)c(C)c1. The molecule has 1 heterocycles. The molecule has 0 amide bonds. The molecule has 1 aliphatic rings. The Hall–Kier alpha value is -2.71. The molecule has 0 radical (unpaired) electrons. The van der Waals surface area contributed by atoms with Crippen LogP contribution in [0.25, 0.3) is 11.1 Å². The average molecular weight is 494 g/mol. The van der Waals surface area contributed by atoms with Gasteiger partial charge in [0, 0.05) is 24.7 Å². The van der Waals surface area contributed by atoms with Crippen molar-refractivity contribution in [2.75, 3.05) is 27.2 Å². The summed E-state index contributed by atoms with van der Waals surface area (Å²) in [5.41, 5.74) is 4.68. The summed E-state index contributed by atoms with van der Waals surface area (Å²) in [5.74, 6) is 0.769. The highest BCUT2D eigenvalue weighted by Crippen LogP contribution is 2.33. The Morgan fingerprint density at radius 2 is 1.69 bits per heavy atom. The molecule has 1 fully saturated rings. The number of benzene rings is 3. The third kappa shape index (κ3) is 6.49. The monoisotopic (exact) mass is 493 g/mol. The number of ether oxygens (including phenoxy) is 1. The summed E-state index contributed by atoms with van der Waals surface area (Å²) < 4.78 is 34.3. The number of hydrogen-bond donors (Lipinski definition) is 2. The van der Waals surface area contributed by atoms with Gasteiger partial charge in [-0.15, -0.1) is 0 Å². The molecule has 0 unspecified atom stereocenters. The van der Waals surface area contributed by atoms with Crippen molar-refractivity contribution in [3.63, 3.8) is 0 Å². The van der Waals surface area contributed by atoms with Gasteiger partial charge >= 0.3 is 0 Å². The van der Waals surface area contributed by atoms with Crippen LogP contribution in [0.15, 0.2) is 71.6 Å². The highest BCUT2D eigenvalue weighted by molar-refractivity contribution is 7.89. The maximum absolute atomic E-state index is 13.0. The molecule has 1 saturated heterocycles. The molecule has 35 heavy (non-hydrogen) atoms. The zero-order chi connectivity index (χ0) is 24.8. The predicted molar refractivity (Wildman–Crippen MR) is 141 cm³/mol. The molecule has 0 aliphatic carbocycles. The van der Waals surface area contributed by atoms with Crippen LogP contribution in [0.2, 0.25) is 0 Å². The van der Waals surface area contributed by atoms with Crippen LogP contribution in [0.1, 0.15) is 29.5 Å². The molecular formula is C28H35N3O3S. The van der Waals surface area contributed by atoms with E-state index in [0.717, 1.165) is 54.9 Å². The van der Waals surface area contributed by atoms with E-state index in [1.807, 2.05) is 55.5 Å². The third-order valence-electron chi connectivity index (χ3n) is 6.66. The molecule has 7 heteroatoms. The number of nitrogens with one attached hydrogen (secondary N) is 2. The lowest BCUT2D eigenvalue weighted by Gasteiger charge is -2.29. The van der Waals surface area contributed by atoms with Crippen LogP contribution in [0.3, 0.4) is 0 Å². The number of sulfonamides is 1. The second kappa shape index (κ2) is 11.4. The van der Waals surface area contributed by atoms with Crippen molar-refractivity contribution in [1.82, 2.24) is 14.9 Å². The minimum Gasteiger partial charge on any atom is -0.496 e. The van der Waals surface area contributed by atoms with E-state index in [1.165, 1.54) is 5.56 Å². The van der Waals surface area contributed by atoms with Crippen molar-refractivity contribution in [2.45, 2.75) is 43.8 Å². The largest absolute Gasteiger partial charge is 0.496 e. The summed E-state index contributed by atoms with van der Waals surface area (Å²) in [6.07, 6.45) is 2.32. The van der Waals surface area contributed by atoms with Gasteiger partial charge in [-0.1, -0.05) is 42.5 Å². The van der Waals surface area contributed by atoms with Crippen molar-refractivity contribution in [3.8, 4) is 16.9 Å². The molecule has 4 rings (SSSR count).